The summed E-state index contributed by atoms with van der Waals surface area (Å²) in [6.07, 6.45) is 3.46. The Hall–Kier alpha value is -0.590. The van der Waals surface area contributed by atoms with Gasteiger partial charge in [0.05, 0.1) is 0 Å². The molecule has 0 N–H and O–H groups in total. The number of hydrogen-bond acceptors (Lipinski definition) is 0. The zero-order chi connectivity index (χ0) is 7.49. The van der Waals surface area contributed by atoms with Gasteiger partial charge in [0, 0.05) is 0 Å². The van der Waals surface area contributed by atoms with Crippen molar-refractivity contribution in [2.75, 3.05) is 0 Å². The number of hydrogen-bond donors (Lipinski definition) is 0. The summed E-state index contributed by atoms with van der Waals surface area (Å²) in [5.41, 5.74) is -0.753. The molecule has 0 aromatic heterocycles. The van der Waals surface area contributed by atoms with Crippen molar-refractivity contribution in [3.63, 3.8) is 0 Å². The Labute approximate surface area is 56.1 Å². The molecule has 0 saturated carbocycles. The van der Waals surface area contributed by atoms with E-state index < -0.39 is 5.67 Å². The standard InChI is InChI=1S/C8H13F/c1-5-6-7(2)8(3,4)9/h5-6H,2H2,1,3-4H3/b6-5-. The molecule has 0 aliphatic carbocycles. The van der Waals surface area contributed by atoms with Gasteiger partial charge in [-0.1, -0.05) is 18.7 Å². The van der Waals surface area contributed by atoms with Crippen LogP contribution >= 0.6 is 0 Å². The fourth-order valence-electron chi connectivity index (χ4n) is 0.399. The van der Waals surface area contributed by atoms with Crippen LogP contribution in [-0.2, 0) is 0 Å². The molecule has 0 atom stereocenters. The first-order valence-corrected chi connectivity index (χ1v) is 2.99. The minimum absolute atomic E-state index is 0.519. The molecule has 52 valence electrons. The van der Waals surface area contributed by atoms with E-state index in [0.29, 0.717) is 5.57 Å². The van der Waals surface area contributed by atoms with Crippen LogP contribution in [0.1, 0.15) is 20.8 Å². The molecule has 0 unspecified atom stereocenters. The maximum Gasteiger partial charge on any atom is 0.129 e. The van der Waals surface area contributed by atoms with E-state index in [1.54, 1.807) is 12.2 Å². The van der Waals surface area contributed by atoms with Gasteiger partial charge in [-0.05, 0) is 26.3 Å². The van der Waals surface area contributed by atoms with Crippen LogP contribution in [0.5, 0.6) is 0 Å². The second kappa shape index (κ2) is 2.81. The third kappa shape index (κ3) is 3.07. The summed E-state index contributed by atoms with van der Waals surface area (Å²) in [6, 6.07) is 0. The van der Waals surface area contributed by atoms with E-state index in [2.05, 4.69) is 6.58 Å². The molecule has 0 aliphatic heterocycles. The van der Waals surface area contributed by atoms with Crippen LogP contribution in [0.25, 0.3) is 0 Å². The fourth-order valence-corrected chi connectivity index (χ4v) is 0.399. The zero-order valence-corrected chi connectivity index (χ0v) is 6.24. The van der Waals surface area contributed by atoms with Crippen molar-refractivity contribution in [3.05, 3.63) is 24.3 Å². The number of alkyl halides is 1. The Bertz CT molecular complexity index is 126. The lowest BCUT2D eigenvalue weighted by atomic mass is 10.0. The van der Waals surface area contributed by atoms with Crippen LogP contribution in [0.2, 0.25) is 0 Å². The second-order valence-electron chi connectivity index (χ2n) is 2.50. The molecule has 0 bridgehead atoms. The number of allylic oxidation sites excluding steroid dienone is 3. The van der Waals surface area contributed by atoms with Crippen molar-refractivity contribution in [2.24, 2.45) is 0 Å². The van der Waals surface area contributed by atoms with Gasteiger partial charge < -0.3 is 0 Å². The van der Waals surface area contributed by atoms with E-state index in [4.69, 9.17) is 0 Å². The van der Waals surface area contributed by atoms with Crippen LogP contribution < -0.4 is 0 Å². The molecular formula is C8H13F. The lowest BCUT2D eigenvalue weighted by Crippen LogP contribution is -2.12. The predicted octanol–water partition coefficient (Wildman–Crippen LogP) is 2.87. The quantitative estimate of drug-likeness (QED) is 0.501. The molecule has 0 fully saturated rings. The Balaban J connectivity index is 4.06. The summed E-state index contributed by atoms with van der Waals surface area (Å²) in [6.45, 7) is 8.39. The molecule has 1 heteroatoms. The third-order valence-corrected chi connectivity index (χ3v) is 1.13. The Morgan fingerprint density at radius 1 is 1.56 bits per heavy atom. The summed E-state index contributed by atoms with van der Waals surface area (Å²) in [7, 11) is 0. The zero-order valence-electron chi connectivity index (χ0n) is 6.24. The van der Waals surface area contributed by atoms with E-state index in [9.17, 15) is 4.39 Å². The van der Waals surface area contributed by atoms with Crippen LogP contribution in [-0.4, -0.2) is 5.67 Å². The first-order valence-electron chi connectivity index (χ1n) is 2.99. The summed E-state index contributed by atoms with van der Waals surface area (Å²) < 4.78 is 12.8. The monoisotopic (exact) mass is 128 g/mol. The summed E-state index contributed by atoms with van der Waals surface area (Å²) in [4.78, 5) is 0. The van der Waals surface area contributed by atoms with E-state index in [1.165, 1.54) is 13.8 Å². The lowest BCUT2D eigenvalue weighted by Gasteiger charge is -2.13. The minimum Gasteiger partial charge on any atom is -0.239 e. The maximum atomic E-state index is 12.8. The van der Waals surface area contributed by atoms with Crippen molar-refractivity contribution in [3.8, 4) is 0 Å². The average Bonchev–Trinajstić information content (AvgIpc) is 1.64. The molecule has 0 aromatic carbocycles. The van der Waals surface area contributed by atoms with Gasteiger partial charge in [0.25, 0.3) is 0 Å². The van der Waals surface area contributed by atoms with Crippen LogP contribution in [0.15, 0.2) is 24.3 Å². The van der Waals surface area contributed by atoms with E-state index in [0.717, 1.165) is 0 Å². The highest BCUT2D eigenvalue weighted by atomic mass is 19.1. The number of halogens is 1. The van der Waals surface area contributed by atoms with Gasteiger partial charge in [-0.15, -0.1) is 0 Å². The third-order valence-electron chi connectivity index (χ3n) is 1.13. The molecular weight excluding hydrogens is 115 g/mol. The Morgan fingerprint density at radius 2 is 2.00 bits per heavy atom. The molecule has 9 heavy (non-hydrogen) atoms. The molecule has 0 heterocycles. The topological polar surface area (TPSA) is 0 Å². The predicted molar refractivity (Wildman–Crippen MR) is 39.1 cm³/mol. The molecule has 0 aliphatic rings. The molecule has 0 aromatic rings. The minimum atomic E-state index is -1.27. The van der Waals surface area contributed by atoms with Crippen molar-refractivity contribution >= 4 is 0 Å². The summed E-state index contributed by atoms with van der Waals surface area (Å²) >= 11 is 0. The van der Waals surface area contributed by atoms with E-state index in [1.807, 2.05) is 6.92 Å². The largest absolute Gasteiger partial charge is 0.239 e. The second-order valence-corrected chi connectivity index (χ2v) is 2.50. The molecule has 0 saturated heterocycles. The van der Waals surface area contributed by atoms with E-state index in [-0.39, 0.29) is 0 Å². The molecule has 0 radical (unpaired) electrons. The highest BCUT2D eigenvalue weighted by molar-refractivity contribution is 5.22. The van der Waals surface area contributed by atoms with Gasteiger partial charge in [-0.2, -0.15) is 0 Å². The first-order chi connectivity index (χ1) is 3.98. The average molecular weight is 128 g/mol. The highest BCUT2D eigenvalue weighted by Gasteiger charge is 2.16. The normalized spacial score (nSPS) is 12.4. The fraction of sp³-hybridized carbons (Fsp3) is 0.500. The summed E-state index contributed by atoms with van der Waals surface area (Å²) in [5, 5.41) is 0. The van der Waals surface area contributed by atoms with Gasteiger partial charge in [0.1, 0.15) is 5.67 Å². The highest BCUT2D eigenvalue weighted by Crippen LogP contribution is 2.19. The SMILES string of the molecule is C=C(/C=C\C)C(C)(C)F. The van der Waals surface area contributed by atoms with Gasteiger partial charge in [-0.3, -0.25) is 0 Å². The molecule has 0 nitrogen and oxygen atoms in total. The number of rotatable bonds is 2. The van der Waals surface area contributed by atoms with Crippen LogP contribution in [0.3, 0.4) is 0 Å². The van der Waals surface area contributed by atoms with Crippen LogP contribution in [0.4, 0.5) is 4.39 Å². The van der Waals surface area contributed by atoms with Gasteiger partial charge in [0.2, 0.25) is 0 Å². The van der Waals surface area contributed by atoms with Crippen molar-refractivity contribution in [2.45, 2.75) is 26.4 Å². The lowest BCUT2D eigenvalue weighted by molar-refractivity contribution is 0.275. The van der Waals surface area contributed by atoms with Gasteiger partial charge in [-0.25, -0.2) is 4.39 Å². The Kier molecular flexibility index (Phi) is 2.63. The summed E-state index contributed by atoms with van der Waals surface area (Å²) in [5.74, 6) is 0. The van der Waals surface area contributed by atoms with Gasteiger partial charge in [0.15, 0.2) is 0 Å². The smallest absolute Gasteiger partial charge is 0.129 e. The van der Waals surface area contributed by atoms with Crippen LogP contribution in [0, 0.1) is 0 Å². The van der Waals surface area contributed by atoms with Crippen molar-refractivity contribution < 1.29 is 4.39 Å². The first kappa shape index (κ1) is 8.41. The molecule has 0 spiro atoms. The molecule has 0 rings (SSSR count). The van der Waals surface area contributed by atoms with Gasteiger partial charge >= 0.3 is 0 Å². The van der Waals surface area contributed by atoms with E-state index >= 15 is 0 Å². The molecule has 0 amide bonds. The maximum absolute atomic E-state index is 12.8. The Morgan fingerprint density at radius 3 is 2.11 bits per heavy atom. The van der Waals surface area contributed by atoms with Crippen molar-refractivity contribution in [1.29, 1.82) is 0 Å². The van der Waals surface area contributed by atoms with Crippen molar-refractivity contribution in [1.82, 2.24) is 0 Å².